The first-order valence-electron chi connectivity index (χ1n) is 20.5. The van der Waals surface area contributed by atoms with Crippen LogP contribution in [0.2, 0.25) is 0 Å². The predicted octanol–water partition coefficient (Wildman–Crippen LogP) is 14.1. The van der Waals surface area contributed by atoms with Gasteiger partial charge in [0.15, 0.2) is 11.6 Å². The third kappa shape index (κ3) is 5.12. The summed E-state index contributed by atoms with van der Waals surface area (Å²) in [5, 5.41) is 9.19. The van der Waals surface area contributed by atoms with Crippen molar-refractivity contribution in [2.45, 2.75) is 0 Å². The van der Waals surface area contributed by atoms with Crippen molar-refractivity contribution < 1.29 is 4.42 Å². The first-order valence-corrected chi connectivity index (χ1v) is 20.5. The summed E-state index contributed by atoms with van der Waals surface area (Å²) in [5.41, 5.74) is 11.1. The number of furan rings is 1. The van der Waals surface area contributed by atoms with Gasteiger partial charge in [-0.25, -0.2) is 4.98 Å². The minimum Gasteiger partial charge on any atom is -0.456 e. The van der Waals surface area contributed by atoms with Crippen LogP contribution in [0.3, 0.4) is 0 Å². The zero-order valence-corrected chi connectivity index (χ0v) is 32.7. The van der Waals surface area contributed by atoms with E-state index in [0.717, 1.165) is 82.7 Å². The Kier molecular flexibility index (Phi) is 7.21. The summed E-state index contributed by atoms with van der Waals surface area (Å²) in [6, 6.07) is 70.3. The Hall–Kier alpha value is -8.35. The van der Waals surface area contributed by atoms with Crippen LogP contribution in [0.5, 0.6) is 0 Å². The normalized spacial score (nSPS) is 11.9. The summed E-state index contributed by atoms with van der Waals surface area (Å²) >= 11 is 0. The van der Waals surface area contributed by atoms with Crippen LogP contribution in [-0.4, -0.2) is 24.1 Å². The Balaban J connectivity index is 1.12. The Morgan fingerprint density at radius 2 is 0.885 bits per heavy atom. The van der Waals surface area contributed by atoms with Gasteiger partial charge in [0.25, 0.3) is 0 Å². The molecule has 9 aromatic carbocycles. The number of rotatable bonds is 5. The minimum absolute atomic E-state index is 0.540. The van der Waals surface area contributed by atoms with E-state index in [1.165, 1.54) is 21.5 Å². The molecule has 0 N–H and O–H groups in total. The maximum atomic E-state index is 6.37. The van der Waals surface area contributed by atoms with E-state index in [2.05, 4.69) is 185 Å². The van der Waals surface area contributed by atoms with E-state index in [1.54, 1.807) is 0 Å². The van der Waals surface area contributed by atoms with Gasteiger partial charge in [0.05, 0.1) is 22.1 Å². The number of aromatic nitrogens is 5. The first kappa shape index (κ1) is 33.6. The average Bonchev–Trinajstić information content (AvgIpc) is 3.99. The second-order valence-electron chi connectivity index (χ2n) is 15.6. The van der Waals surface area contributed by atoms with Crippen LogP contribution in [0.25, 0.3) is 122 Å². The lowest BCUT2D eigenvalue weighted by atomic mass is 10.0. The number of hydrogen-bond acceptors (Lipinski definition) is 4. The van der Waals surface area contributed by atoms with Crippen LogP contribution in [0, 0.1) is 0 Å². The Morgan fingerprint density at radius 1 is 0.328 bits per heavy atom. The third-order valence-corrected chi connectivity index (χ3v) is 12.2. The highest BCUT2D eigenvalue weighted by Gasteiger charge is 2.24. The van der Waals surface area contributed by atoms with Crippen LogP contribution in [-0.2, 0) is 0 Å². The Morgan fingerprint density at radius 3 is 1.70 bits per heavy atom. The SMILES string of the molecule is c1ccc(-c2ccc(-c3nc(-c4ccc5c(c4)oc4ccccc45)nc(-n4c5ccc6ccccc6c5c5c6c7ccccc7n(-c7ccccc7)c6ccc54)n3)cc2)cc1. The van der Waals surface area contributed by atoms with E-state index >= 15 is 0 Å². The van der Waals surface area contributed by atoms with E-state index in [0.29, 0.717) is 17.6 Å². The fourth-order valence-corrected chi connectivity index (χ4v) is 9.43. The van der Waals surface area contributed by atoms with E-state index in [9.17, 15) is 0 Å². The Labute approximate surface area is 349 Å². The summed E-state index contributed by atoms with van der Waals surface area (Å²) in [7, 11) is 0. The number of nitrogens with zero attached hydrogens (tertiary/aromatic N) is 5. The van der Waals surface area contributed by atoms with Crippen molar-refractivity contribution in [2.75, 3.05) is 0 Å². The van der Waals surface area contributed by atoms with Gasteiger partial charge in [-0.2, -0.15) is 9.97 Å². The van der Waals surface area contributed by atoms with Crippen LogP contribution in [0.15, 0.2) is 205 Å². The fraction of sp³-hybridized carbons (Fsp3) is 0. The minimum atomic E-state index is 0.540. The standard InChI is InChI=1S/C55H33N5O/c1-3-13-34(14-4-1)35-23-25-37(26-24-35)53-56-54(38-27-29-42-41-19-10-12-22-48(41)61-49(42)33-38)58-55(57-53)60-46-30-28-36-15-7-8-18-40(36)50(46)52-47(60)32-31-45-51(52)43-20-9-11-21-44(43)59(45)39-16-5-2-6-17-39/h1-33H. The van der Waals surface area contributed by atoms with Crippen molar-refractivity contribution in [1.82, 2.24) is 24.1 Å². The van der Waals surface area contributed by atoms with Crippen molar-refractivity contribution in [3.05, 3.63) is 200 Å². The molecule has 4 heterocycles. The van der Waals surface area contributed by atoms with Gasteiger partial charge >= 0.3 is 0 Å². The molecule has 0 aliphatic carbocycles. The van der Waals surface area contributed by atoms with Crippen molar-refractivity contribution in [3.8, 4) is 45.5 Å². The van der Waals surface area contributed by atoms with Gasteiger partial charge in [0, 0.05) is 49.1 Å². The molecule has 0 radical (unpaired) electrons. The van der Waals surface area contributed by atoms with Crippen molar-refractivity contribution in [3.63, 3.8) is 0 Å². The van der Waals surface area contributed by atoms with E-state index in [4.69, 9.17) is 19.4 Å². The molecule has 13 rings (SSSR count). The quantitative estimate of drug-likeness (QED) is 0.175. The molecule has 6 nitrogen and oxygen atoms in total. The number of hydrogen-bond donors (Lipinski definition) is 0. The zero-order chi connectivity index (χ0) is 40.0. The van der Waals surface area contributed by atoms with Crippen molar-refractivity contribution >= 4 is 76.3 Å². The van der Waals surface area contributed by atoms with Crippen LogP contribution in [0.1, 0.15) is 0 Å². The molecule has 284 valence electrons. The van der Waals surface area contributed by atoms with Gasteiger partial charge in [-0.3, -0.25) is 4.57 Å². The lowest BCUT2D eigenvalue weighted by Gasteiger charge is -2.12. The van der Waals surface area contributed by atoms with Crippen molar-refractivity contribution in [2.24, 2.45) is 0 Å². The van der Waals surface area contributed by atoms with Gasteiger partial charge < -0.3 is 8.98 Å². The maximum absolute atomic E-state index is 6.37. The van der Waals surface area contributed by atoms with Gasteiger partial charge in [-0.15, -0.1) is 0 Å². The summed E-state index contributed by atoms with van der Waals surface area (Å²) in [6.07, 6.45) is 0. The van der Waals surface area contributed by atoms with E-state index in [-0.39, 0.29) is 0 Å². The molecule has 13 aromatic rings. The highest BCUT2D eigenvalue weighted by atomic mass is 16.3. The molecule has 4 aromatic heterocycles. The number of fused-ring (bicyclic) bond motifs is 12. The predicted molar refractivity (Wildman–Crippen MR) is 250 cm³/mol. The van der Waals surface area contributed by atoms with E-state index < -0.39 is 0 Å². The average molecular weight is 780 g/mol. The van der Waals surface area contributed by atoms with Gasteiger partial charge in [-0.05, 0) is 76.5 Å². The molecule has 0 bridgehead atoms. The highest BCUT2D eigenvalue weighted by molar-refractivity contribution is 6.33. The summed E-state index contributed by atoms with van der Waals surface area (Å²) < 4.78 is 11.0. The monoisotopic (exact) mass is 779 g/mol. The molecule has 0 aliphatic heterocycles. The highest BCUT2D eigenvalue weighted by Crippen LogP contribution is 2.44. The number of para-hydroxylation sites is 3. The van der Waals surface area contributed by atoms with Gasteiger partial charge in [0.1, 0.15) is 11.2 Å². The van der Waals surface area contributed by atoms with Crippen LogP contribution < -0.4 is 0 Å². The topological polar surface area (TPSA) is 61.7 Å². The molecule has 0 unspecified atom stereocenters. The summed E-state index contributed by atoms with van der Waals surface area (Å²) in [5.74, 6) is 1.69. The van der Waals surface area contributed by atoms with Crippen LogP contribution in [0.4, 0.5) is 0 Å². The molecule has 0 spiro atoms. The second kappa shape index (κ2) is 13.1. The lowest BCUT2D eigenvalue weighted by Crippen LogP contribution is -2.06. The molecule has 6 heteroatoms. The molecule has 0 atom stereocenters. The zero-order valence-electron chi connectivity index (χ0n) is 32.7. The summed E-state index contributed by atoms with van der Waals surface area (Å²) in [6.45, 7) is 0. The molecule has 0 amide bonds. The molecular formula is C55H33N5O. The largest absolute Gasteiger partial charge is 0.456 e. The van der Waals surface area contributed by atoms with Crippen molar-refractivity contribution in [1.29, 1.82) is 0 Å². The first-order chi connectivity index (χ1) is 30.2. The smallest absolute Gasteiger partial charge is 0.238 e. The molecule has 0 saturated carbocycles. The van der Waals surface area contributed by atoms with E-state index in [1.807, 2.05) is 24.3 Å². The van der Waals surface area contributed by atoms with Gasteiger partial charge in [-0.1, -0.05) is 146 Å². The van der Waals surface area contributed by atoms with Gasteiger partial charge in [0.2, 0.25) is 5.95 Å². The molecule has 0 fully saturated rings. The molecular weight excluding hydrogens is 747 g/mol. The van der Waals surface area contributed by atoms with Crippen LogP contribution >= 0.6 is 0 Å². The Bertz CT molecular complexity index is 3860. The third-order valence-electron chi connectivity index (χ3n) is 12.2. The lowest BCUT2D eigenvalue weighted by molar-refractivity contribution is 0.669. The summed E-state index contributed by atoms with van der Waals surface area (Å²) in [4.78, 5) is 15.9. The molecule has 0 aliphatic rings. The fourth-order valence-electron chi connectivity index (χ4n) is 9.43. The molecule has 61 heavy (non-hydrogen) atoms. The maximum Gasteiger partial charge on any atom is 0.238 e. The number of benzene rings is 9. The molecule has 0 saturated heterocycles. The second-order valence-corrected chi connectivity index (χ2v) is 15.6.